The van der Waals surface area contributed by atoms with Crippen molar-refractivity contribution in [3.63, 3.8) is 0 Å². The van der Waals surface area contributed by atoms with Gasteiger partial charge in [-0.3, -0.25) is 5.41 Å². The third-order valence-electron chi connectivity index (χ3n) is 2.11. The van der Waals surface area contributed by atoms with Crippen LogP contribution < -0.4 is 4.90 Å². The molecule has 1 aliphatic heterocycles. The van der Waals surface area contributed by atoms with Crippen molar-refractivity contribution >= 4 is 27.6 Å². The lowest BCUT2D eigenvalue weighted by molar-refractivity contribution is 0.127. The molecule has 1 fully saturated rings. The number of nitrogens with zero attached hydrogens (tertiary/aromatic N) is 2. The molecule has 2 rings (SSSR count). The highest BCUT2D eigenvalue weighted by molar-refractivity contribution is 9.09. The average molecular weight is 258 g/mol. The summed E-state index contributed by atoms with van der Waals surface area (Å²) in [5.74, 6) is -0.127. The van der Waals surface area contributed by atoms with E-state index in [1.54, 1.807) is 4.90 Å². The third kappa shape index (κ3) is 1.48. The van der Waals surface area contributed by atoms with Crippen molar-refractivity contribution in [3.8, 4) is 0 Å². The summed E-state index contributed by atoms with van der Waals surface area (Å²) in [5.41, 5.74) is 0.835. The Morgan fingerprint density at radius 3 is 2.50 bits per heavy atom. The van der Waals surface area contributed by atoms with Crippen LogP contribution in [0.1, 0.15) is 0 Å². The summed E-state index contributed by atoms with van der Waals surface area (Å²) in [6, 6.07) is 9.34. The van der Waals surface area contributed by atoms with Crippen LogP contribution in [0.2, 0.25) is 0 Å². The Morgan fingerprint density at radius 1 is 1.36 bits per heavy atom. The molecule has 0 bridgehead atoms. The molecule has 3 nitrogen and oxygen atoms in total. The van der Waals surface area contributed by atoms with Crippen molar-refractivity contribution in [2.75, 3.05) is 11.4 Å². The Morgan fingerprint density at radius 2 is 2.00 bits per heavy atom. The Labute approximate surface area is 89.7 Å². The first-order valence-electron chi connectivity index (χ1n) is 4.20. The maximum absolute atomic E-state index is 13.2. The van der Waals surface area contributed by atoms with Crippen LogP contribution in [0.4, 0.5) is 10.2 Å². The normalized spacial score (nSPS) is 21.9. The van der Waals surface area contributed by atoms with E-state index in [-0.39, 0.29) is 5.96 Å². The minimum Gasteiger partial charge on any atom is -0.308 e. The zero-order valence-corrected chi connectivity index (χ0v) is 8.91. The van der Waals surface area contributed by atoms with E-state index in [1.165, 1.54) is 0 Å². The van der Waals surface area contributed by atoms with Crippen LogP contribution in [-0.4, -0.2) is 22.6 Å². The van der Waals surface area contributed by atoms with E-state index in [0.717, 1.165) is 5.69 Å². The summed E-state index contributed by atoms with van der Waals surface area (Å²) in [7, 11) is 0. The smallest absolute Gasteiger partial charge is 0.228 e. The standard InChI is InChI=1S/C9H9BrFN3/c10-8-6-13(9(12)14(8)11)7-4-2-1-3-5-7/h1-5,8,12H,6H2. The number of rotatable bonds is 1. The molecule has 0 spiro atoms. The van der Waals surface area contributed by atoms with Crippen molar-refractivity contribution in [1.82, 2.24) is 5.12 Å². The SMILES string of the molecule is N=C1N(c2ccccc2)CC(Br)N1F. The zero-order valence-electron chi connectivity index (χ0n) is 7.32. The van der Waals surface area contributed by atoms with Gasteiger partial charge < -0.3 is 4.90 Å². The van der Waals surface area contributed by atoms with E-state index in [9.17, 15) is 4.48 Å². The van der Waals surface area contributed by atoms with Gasteiger partial charge in [-0.2, -0.15) is 5.12 Å². The van der Waals surface area contributed by atoms with Crippen LogP contribution in [0.3, 0.4) is 0 Å². The summed E-state index contributed by atoms with van der Waals surface area (Å²) < 4.78 is 13.2. The van der Waals surface area contributed by atoms with Crippen molar-refractivity contribution < 1.29 is 4.48 Å². The number of guanidine groups is 1. The number of para-hydroxylation sites is 1. The topological polar surface area (TPSA) is 30.3 Å². The van der Waals surface area contributed by atoms with Gasteiger partial charge in [-0.25, -0.2) is 0 Å². The van der Waals surface area contributed by atoms with Gasteiger partial charge in [0.05, 0.1) is 6.54 Å². The molecule has 0 saturated carbocycles. The Kier molecular flexibility index (Phi) is 2.41. The number of nitrogens with one attached hydrogen (secondary N) is 1. The van der Waals surface area contributed by atoms with Crippen molar-refractivity contribution in [2.24, 2.45) is 0 Å². The minimum absolute atomic E-state index is 0.127. The summed E-state index contributed by atoms with van der Waals surface area (Å²) >= 11 is 3.15. The molecule has 1 heterocycles. The van der Waals surface area contributed by atoms with Crippen LogP contribution in [0, 0.1) is 5.41 Å². The van der Waals surface area contributed by atoms with Gasteiger partial charge in [0.2, 0.25) is 5.96 Å². The maximum atomic E-state index is 13.2. The molecule has 1 atom stereocenters. The molecule has 0 amide bonds. The number of hydrogen-bond donors (Lipinski definition) is 1. The summed E-state index contributed by atoms with van der Waals surface area (Å²) in [6.45, 7) is 0.444. The Balaban J connectivity index is 2.26. The number of alkyl halides is 1. The second-order valence-corrected chi connectivity index (χ2v) is 4.07. The number of anilines is 1. The van der Waals surface area contributed by atoms with Crippen LogP contribution in [0.25, 0.3) is 0 Å². The highest BCUT2D eigenvalue weighted by Crippen LogP contribution is 2.25. The second-order valence-electron chi connectivity index (χ2n) is 3.02. The fraction of sp³-hybridized carbons (Fsp3) is 0.222. The van der Waals surface area contributed by atoms with E-state index in [4.69, 9.17) is 5.41 Å². The molecule has 1 aliphatic rings. The second kappa shape index (κ2) is 3.57. The Hall–Kier alpha value is -1.10. The molecule has 0 aromatic heterocycles. The number of benzene rings is 1. The fourth-order valence-electron chi connectivity index (χ4n) is 1.39. The molecular weight excluding hydrogens is 249 g/mol. The first-order valence-corrected chi connectivity index (χ1v) is 5.12. The number of halogens is 2. The first kappa shape index (κ1) is 9.45. The van der Waals surface area contributed by atoms with Gasteiger partial charge in [0.1, 0.15) is 4.95 Å². The van der Waals surface area contributed by atoms with E-state index in [1.807, 2.05) is 30.3 Å². The molecule has 5 heteroatoms. The minimum atomic E-state index is -0.435. The highest BCUT2D eigenvalue weighted by Gasteiger charge is 2.33. The Bertz CT molecular complexity index is 343. The molecule has 1 N–H and O–H groups in total. The summed E-state index contributed by atoms with van der Waals surface area (Å²) in [5, 5.41) is 7.94. The van der Waals surface area contributed by atoms with Crippen molar-refractivity contribution in [2.45, 2.75) is 4.95 Å². The van der Waals surface area contributed by atoms with Crippen LogP contribution >= 0.6 is 15.9 Å². The molecule has 1 unspecified atom stereocenters. The monoisotopic (exact) mass is 257 g/mol. The van der Waals surface area contributed by atoms with Gasteiger partial charge in [0, 0.05) is 5.69 Å². The van der Waals surface area contributed by atoms with Gasteiger partial charge in [0.25, 0.3) is 0 Å². The number of hydrogen-bond acceptors (Lipinski definition) is 1. The lowest BCUT2D eigenvalue weighted by Gasteiger charge is -2.16. The van der Waals surface area contributed by atoms with Crippen LogP contribution in [-0.2, 0) is 0 Å². The van der Waals surface area contributed by atoms with E-state index in [0.29, 0.717) is 11.7 Å². The largest absolute Gasteiger partial charge is 0.308 e. The summed E-state index contributed by atoms with van der Waals surface area (Å²) in [4.78, 5) is 1.18. The van der Waals surface area contributed by atoms with Gasteiger partial charge in [0.15, 0.2) is 0 Å². The van der Waals surface area contributed by atoms with Gasteiger partial charge >= 0.3 is 0 Å². The highest BCUT2D eigenvalue weighted by atomic mass is 79.9. The quantitative estimate of drug-likeness (QED) is 0.476. The van der Waals surface area contributed by atoms with Crippen molar-refractivity contribution in [1.29, 1.82) is 5.41 Å². The fourth-order valence-corrected chi connectivity index (χ4v) is 1.88. The van der Waals surface area contributed by atoms with Crippen LogP contribution in [0.15, 0.2) is 30.3 Å². The van der Waals surface area contributed by atoms with Crippen LogP contribution in [0.5, 0.6) is 0 Å². The van der Waals surface area contributed by atoms with E-state index in [2.05, 4.69) is 15.9 Å². The summed E-state index contributed by atoms with van der Waals surface area (Å²) in [6.07, 6.45) is 0. The zero-order chi connectivity index (χ0) is 10.1. The van der Waals surface area contributed by atoms with Crippen molar-refractivity contribution in [3.05, 3.63) is 30.3 Å². The average Bonchev–Trinajstić information content (AvgIpc) is 2.47. The predicted octanol–water partition coefficient (Wildman–Crippen LogP) is 2.35. The van der Waals surface area contributed by atoms with Gasteiger partial charge in [-0.15, -0.1) is 0 Å². The van der Waals surface area contributed by atoms with E-state index < -0.39 is 4.95 Å². The molecule has 0 aliphatic carbocycles. The van der Waals surface area contributed by atoms with Gasteiger partial charge in [-0.05, 0) is 12.1 Å². The third-order valence-corrected chi connectivity index (χ3v) is 2.75. The maximum Gasteiger partial charge on any atom is 0.228 e. The predicted molar refractivity (Wildman–Crippen MR) is 57.2 cm³/mol. The molecule has 1 aromatic carbocycles. The lowest BCUT2D eigenvalue weighted by atomic mass is 10.3. The molecular formula is C9H9BrFN3. The molecule has 1 saturated heterocycles. The van der Waals surface area contributed by atoms with Gasteiger partial charge in [-0.1, -0.05) is 38.6 Å². The van der Waals surface area contributed by atoms with E-state index >= 15 is 0 Å². The molecule has 0 radical (unpaired) electrons. The molecule has 74 valence electrons. The first-order chi connectivity index (χ1) is 6.70. The lowest BCUT2D eigenvalue weighted by Crippen LogP contribution is -2.28. The molecule has 1 aromatic rings. The molecule has 14 heavy (non-hydrogen) atoms.